The third-order valence-corrected chi connectivity index (χ3v) is 3.19. The summed E-state index contributed by atoms with van der Waals surface area (Å²) in [6.07, 6.45) is 2.46. The van der Waals surface area contributed by atoms with Crippen molar-refractivity contribution in [3.05, 3.63) is 22.6 Å². The highest BCUT2D eigenvalue weighted by Gasteiger charge is 2.26. The molecular formula is C10H15N3O3S. The quantitative estimate of drug-likeness (QED) is 0.387. The van der Waals surface area contributed by atoms with Crippen LogP contribution < -0.4 is 11.3 Å². The van der Waals surface area contributed by atoms with E-state index in [1.54, 1.807) is 0 Å². The fraction of sp³-hybridized carbons (Fsp3) is 0.500. The average Bonchev–Trinajstić information content (AvgIpc) is 2.24. The Morgan fingerprint density at radius 1 is 1.71 bits per heavy atom. The highest BCUT2D eigenvalue weighted by atomic mass is 32.2. The van der Waals surface area contributed by atoms with Crippen molar-refractivity contribution in [2.24, 2.45) is 5.73 Å². The van der Waals surface area contributed by atoms with Crippen LogP contribution in [0.5, 0.6) is 0 Å². The number of hydrogen-bond donors (Lipinski definition) is 3. The number of nitrogens with two attached hydrogens (primary N) is 1. The Hall–Kier alpha value is -1.34. The summed E-state index contributed by atoms with van der Waals surface area (Å²) in [7, 11) is 0. The molecule has 0 aliphatic rings. The van der Waals surface area contributed by atoms with E-state index in [9.17, 15) is 9.59 Å². The highest BCUT2D eigenvalue weighted by Crippen LogP contribution is 2.16. The van der Waals surface area contributed by atoms with Crippen molar-refractivity contribution in [2.45, 2.75) is 30.5 Å². The molecule has 1 aromatic heterocycles. The van der Waals surface area contributed by atoms with E-state index in [1.165, 1.54) is 30.9 Å². The Balaban J connectivity index is 2.34. The zero-order valence-corrected chi connectivity index (χ0v) is 10.3. The van der Waals surface area contributed by atoms with Crippen LogP contribution in [0.4, 0.5) is 0 Å². The van der Waals surface area contributed by atoms with Gasteiger partial charge in [0.05, 0.1) is 0 Å². The minimum atomic E-state index is -1.20. The summed E-state index contributed by atoms with van der Waals surface area (Å²) < 4.78 is 0. The van der Waals surface area contributed by atoms with E-state index in [2.05, 4.69) is 9.97 Å². The Morgan fingerprint density at radius 2 is 2.41 bits per heavy atom. The molecule has 17 heavy (non-hydrogen) atoms. The lowest BCUT2D eigenvalue weighted by atomic mass is 9.98. The van der Waals surface area contributed by atoms with Gasteiger partial charge < -0.3 is 15.8 Å². The molecule has 4 N–H and O–H groups in total. The standard InChI is InChI=1S/C10H15N3O3S/c1-10(11,8(15)16)4-2-6-17-9-12-5-3-7(14)13-9/h3,5H,2,4,6,11H2,1H3,(H,15,16)(H,12,13,14). The smallest absolute Gasteiger partial charge is 0.323 e. The number of H-pyrrole nitrogens is 1. The first-order chi connectivity index (χ1) is 7.92. The van der Waals surface area contributed by atoms with Gasteiger partial charge in [-0.2, -0.15) is 0 Å². The number of aliphatic carboxylic acids is 1. The van der Waals surface area contributed by atoms with Crippen LogP contribution in [0.2, 0.25) is 0 Å². The molecule has 0 spiro atoms. The van der Waals surface area contributed by atoms with Crippen molar-refractivity contribution in [2.75, 3.05) is 5.75 Å². The van der Waals surface area contributed by atoms with Crippen LogP contribution in [0.1, 0.15) is 19.8 Å². The first-order valence-electron chi connectivity index (χ1n) is 5.12. The van der Waals surface area contributed by atoms with Crippen molar-refractivity contribution in [1.29, 1.82) is 0 Å². The molecule has 0 saturated carbocycles. The summed E-state index contributed by atoms with van der Waals surface area (Å²) in [5.74, 6) is -0.346. The first kappa shape index (κ1) is 13.7. The second-order valence-electron chi connectivity index (χ2n) is 3.91. The van der Waals surface area contributed by atoms with E-state index in [0.29, 0.717) is 23.8 Å². The van der Waals surface area contributed by atoms with E-state index < -0.39 is 11.5 Å². The van der Waals surface area contributed by atoms with Gasteiger partial charge in [-0.3, -0.25) is 9.59 Å². The number of aromatic amines is 1. The molecule has 0 radical (unpaired) electrons. The number of thioether (sulfide) groups is 1. The third-order valence-electron chi connectivity index (χ3n) is 2.22. The van der Waals surface area contributed by atoms with Crippen LogP contribution in [0.15, 0.2) is 22.2 Å². The lowest BCUT2D eigenvalue weighted by molar-refractivity contribution is -0.142. The maximum absolute atomic E-state index is 11.0. The van der Waals surface area contributed by atoms with Crippen LogP contribution in [-0.2, 0) is 4.79 Å². The third kappa shape index (κ3) is 4.58. The summed E-state index contributed by atoms with van der Waals surface area (Å²) in [4.78, 5) is 28.2. The molecule has 7 heteroatoms. The summed E-state index contributed by atoms with van der Waals surface area (Å²) in [6, 6.07) is 1.34. The zero-order valence-electron chi connectivity index (χ0n) is 9.47. The highest BCUT2D eigenvalue weighted by molar-refractivity contribution is 7.99. The molecule has 6 nitrogen and oxygen atoms in total. The molecule has 94 valence electrons. The molecule has 1 unspecified atom stereocenters. The molecule has 1 aromatic rings. The number of carboxylic acid groups (broad SMARTS) is 1. The number of aromatic nitrogens is 2. The van der Waals surface area contributed by atoms with Crippen LogP contribution in [0, 0.1) is 0 Å². The van der Waals surface area contributed by atoms with Gasteiger partial charge in [0.1, 0.15) is 5.54 Å². The number of rotatable bonds is 6. The predicted molar refractivity (Wildman–Crippen MR) is 65.0 cm³/mol. The topological polar surface area (TPSA) is 109 Å². The fourth-order valence-corrected chi connectivity index (χ4v) is 1.93. The van der Waals surface area contributed by atoms with Crippen LogP contribution in [0.25, 0.3) is 0 Å². The molecule has 1 heterocycles. The molecule has 0 fully saturated rings. The number of carboxylic acids is 1. The number of nitrogens with one attached hydrogen (secondary N) is 1. The number of hydrogen-bond acceptors (Lipinski definition) is 5. The molecule has 0 aliphatic carbocycles. The Labute approximate surface area is 103 Å². The molecule has 0 bridgehead atoms. The van der Waals surface area contributed by atoms with Crippen LogP contribution in [-0.4, -0.2) is 32.3 Å². The lowest BCUT2D eigenvalue weighted by Crippen LogP contribution is -2.44. The second-order valence-corrected chi connectivity index (χ2v) is 5.00. The lowest BCUT2D eigenvalue weighted by Gasteiger charge is -2.18. The summed E-state index contributed by atoms with van der Waals surface area (Å²) in [6.45, 7) is 1.49. The maximum atomic E-state index is 11.0. The summed E-state index contributed by atoms with van der Waals surface area (Å²) >= 11 is 1.37. The van der Waals surface area contributed by atoms with Gasteiger partial charge in [0, 0.05) is 18.0 Å². The first-order valence-corrected chi connectivity index (χ1v) is 6.11. The molecule has 0 amide bonds. The fourth-order valence-electron chi connectivity index (χ4n) is 1.14. The minimum Gasteiger partial charge on any atom is -0.480 e. The van der Waals surface area contributed by atoms with Gasteiger partial charge in [0.15, 0.2) is 5.16 Å². The van der Waals surface area contributed by atoms with E-state index in [1.807, 2.05) is 0 Å². The van der Waals surface area contributed by atoms with Crippen LogP contribution in [0.3, 0.4) is 0 Å². The molecule has 0 saturated heterocycles. The van der Waals surface area contributed by atoms with Gasteiger partial charge in [-0.1, -0.05) is 11.8 Å². The van der Waals surface area contributed by atoms with Crippen molar-refractivity contribution >= 4 is 17.7 Å². The molecule has 0 aromatic carbocycles. The van der Waals surface area contributed by atoms with Gasteiger partial charge in [-0.05, 0) is 19.8 Å². The van der Waals surface area contributed by atoms with E-state index >= 15 is 0 Å². The van der Waals surface area contributed by atoms with Crippen molar-refractivity contribution in [3.63, 3.8) is 0 Å². The van der Waals surface area contributed by atoms with Gasteiger partial charge in [-0.25, -0.2) is 4.98 Å². The van der Waals surface area contributed by atoms with Crippen molar-refractivity contribution in [1.82, 2.24) is 9.97 Å². The van der Waals surface area contributed by atoms with Crippen molar-refractivity contribution in [3.8, 4) is 0 Å². The number of carbonyl (C=O) groups is 1. The maximum Gasteiger partial charge on any atom is 0.323 e. The Bertz CT molecular complexity index is 444. The predicted octanol–water partition coefficient (Wildman–Crippen LogP) is 0.444. The zero-order chi connectivity index (χ0) is 12.9. The van der Waals surface area contributed by atoms with Gasteiger partial charge >= 0.3 is 5.97 Å². The SMILES string of the molecule is CC(N)(CCCSc1nccc(=O)[nH]1)C(=O)O. The minimum absolute atomic E-state index is 0.198. The number of nitrogens with zero attached hydrogens (tertiary/aromatic N) is 1. The summed E-state index contributed by atoms with van der Waals surface area (Å²) in [5, 5.41) is 9.34. The molecule has 1 rings (SSSR count). The normalized spacial score (nSPS) is 14.2. The Morgan fingerprint density at radius 3 is 3.00 bits per heavy atom. The second kappa shape index (κ2) is 5.83. The largest absolute Gasteiger partial charge is 0.480 e. The molecule has 0 aliphatic heterocycles. The van der Waals surface area contributed by atoms with E-state index in [-0.39, 0.29) is 5.56 Å². The van der Waals surface area contributed by atoms with E-state index in [4.69, 9.17) is 10.8 Å². The van der Waals surface area contributed by atoms with Gasteiger partial charge in [0.2, 0.25) is 0 Å². The van der Waals surface area contributed by atoms with Crippen molar-refractivity contribution < 1.29 is 9.90 Å². The average molecular weight is 257 g/mol. The van der Waals surface area contributed by atoms with Gasteiger partial charge in [-0.15, -0.1) is 0 Å². The molecule has 1 atom stereocenters. The Kier molecular flexibility index (Phi) is 4.71. The molecular weight excluding hydrogens is 242 g/mol. The summed E-state index contributed by atoms with van der Waals surface area (Å²) in [5.41, 5.74) is 4.19. The van der Waals surface area contributed by atoms with E-state index in [0.717, 1.165) is 0 Å². The van der Waals surface area contributed by atoms with Gasteiger partial charge in [0.25, 0.3) is 5.56 Å². The van der Waals surface area contributed by atoms with Crippen LogP contribution >= 0.6 is 11.8 Å². The monoisotopic (exact) mass is 257 g/mol.